The molecule has 1 saturated carbocycles. The lowest BCUT2D eigenvalue weighted by Gasteiger charge is -2.32. The molecule has 0 unspecified atom stereocenters. The highest BCUT2D eigenvalue weighted by Crippen LogP contribution is 2.39. The van der Waals surface area contributed by atoms with E-state index in [0.29, 0.717) is 5.11 Å². The minimum Gasteiger partial charge on any atom is -0.353 e. The number of hydrogen-bond donors (Lipinski definition) is 2. The van der Waals surface area contributed by atoms with Crippen molar-refractivity contribution in [3.8, 4) is 0 Å². The third-order valence-electron chi connectivity index (χ3n) is 4.67. The minimum atomic E-state index is -4.51. The van der Waals surface area contributed by atoms with Crippen molar-refractivity contribution in [3.05, 3.63) is 64.7 Å². The highest BCUT2D eigenvalue weighted by atomic mass is 35.5. The minimum absolute atomic E-state index is 0.250. The molecule has 1 fully saturated rings. The molecule has 0 aliphatic heterocycles. The monoisotopic (exact) mass is 398 g/mol. The highest BCUT2D eigenvalue weighted by molar-refractivity contribution is 7.80. The van der Waals surface area contributed by atoms with Gasteiger partial charge in [0.25, 0.3) is 0 Å². The fraction of sp³-hybridized carbons (Fsp3) is 0.316. The van der Waals surface area contributed by atoms with Gasteiger partial charge < -0.3 is 10.6 Å². The molecule has 0 aromatic heterocycles. The smallest absolute Gasteiger partial charge is 0.353 e. The second-order valence-corrected chi connectivity index (χ2v) is 7.24. The number of anilines is 1. The van der Waals surface area contributed by atoms with E-state index in [1.54, 1.807) is 0 Å². The SMILES string of the molecule is FC(F)(F)c1cc(NC(=S)NC2(c3ccccc3)CCCC2)ccc1Cl. The average Bonchev–Trinajstić information content (AvgIpc) is 3.06. The van der Waals surface area contributed by atoms with E-state index < -0.39 is 11.7 Å². The van der Waals surface area contributed by atoms with Crippen LogP contribution in [0.1, 0.15) is 36.8 Å². The van der Waals surface area contributed by atoms with Crippen molar-refractivity contribution < 1.29 is 13.2 Å². The molecule has 0 bridgehead atoms. The van der Waals surface area contributed by atoms with Crippen LogP contribution in [0.25, 0.3) is 0 Å². The van der Waals surface area contributed by atoms with E-state index >= 15 is 0 Å². The molecule has 7 heteroatoms. The Balaban J connectivity index is 1.78. The van der Waals surface area contributed by atoms with Gasteiger partial charge in [-0.1, -0.05) is 54.8 Å². The van der Waals surface area contributed by atoms with Crippen LogP contribution in [0.5, 0.6) is 0 Å². The molecule has 0 amide bonds. The van der Waals surface area contributed by atoms with Crippen LogP contribution >= 0.6 is 23.8 Å². The third-order valence-corrected chi connectivity index (χ3v) is 5.20. The molecule has 2 aromatic carbocycles. The Kier molecular flexibility index (Phi) is 5.44. The summed E-state index contributed by atoms with van der Waals surface area (Å²) < 4.78 is 39.0. The van der Waals surface area contributed by atoms with Crippen LogP contribution in [0.4, 0.5) is 18.9 Å². The van der Waals surface area contributed by atoms with E-state index in [2.05, 4.69) is 10.6 Å². The molecule has 2 nitrogen and oxygen atoms in total. The second kappa shape index (κ2) is 7.45. The van der Waals surface area contributed by atoms with Gasteiger partial charge in [0.15, 0.2) is 5.11 Å². The van der Waals surface area contributed by atoms with Crippen LogP contribution in [-0.2, 0) is 11.7 Å². The van der Waals surface area contributed by atoms with Gasteiger partial charge in [-0.05, 0) is 48.8 Å². The molecular formula is C19H18ClF3N2S. The molecule has 0 heterocycles. The number of rotatable bonds is 3. The lowest BCUT2D eigenvalue weighted by molar-refractivity contribution is -0.137. The van der Waals surface area contributed by atoms with Crippen LogP contribution in [0.2, 0.25) is 5.02 Å². The largest absolute Gasteiger partial charge is 0.417 e. The van der Waals surface area contributed by atoms with Gasteiger partial charge in [-0.25, -0.2) is 0 Å². The molecule has 0 atom stereocenters. The van der Waals surface area contributed by atoms with Gasteiger partial charge in [0.2, 0.25) is 0 Å². The lowest BCUT2D eigenvalue weighted by atomic mass is 9.88. The van der Waals surface area contributed by atoms with E-state index in [1.807, 2.05) is 30.3 Å². The first-order valence-electron chi connectivity index (χ1n) is 8.32. The maximum absolute atomic E-state index is 13.0. The zero-order chi connectivity index (χ0) is 18.8. The van der Waals surface area contributed by atoms with Gasteiger partial charge in [-0.3, -0.25) is 0 Å². The lowest BCUT2D eigenvalue weighted by Crippen LogP contribution is -2.45. The summed E-state index contributed by atoms with van der Waals surface area (Å²) in [4.78, 5) is 0. The van der Waals surface area contributed by atoms with E-state index in [1.165, 1.54) is 12.1 Å². The molecule has 0 spiro atoms. The van der Waals surface area contributed by atoms with Crippen LogP contribution in [-0.4, -0.2) is 5.11 Å². The first kappa shape index (κ1) is 19.0. The standard InChI is InChI=1S/C19H18ClF3N2S/c20-16-9-8-14(12-15(16)19(21,22)23)24-17(26)25-18(10-4-5-11-18)13-6-2-1-3-7-13/h1-3,6-9,12H,4-5,10-11H2,(H2,24,25,26). The zero-order valence-electron chi connectivity index (χ0n) is 13.9. The van der Waals surface area contributed by atoms with Crippen molar-refractivity contribution in [1.82, 2.24) is 5.32 Å². The molecular weight excluding hydrogens is 381 g/mol. The van der Waals surface area contributed by atoms with Gasteiger partial charge in [-0.2, -0.15) is 13.2 Å². The van der Waals surface area contributed by atoms with Crippen molar-refractivity contribution >= 4 is 34.6 Å². The summed E-state index contributed by atoms with van der Waals surface area (Å²) in [6.45, 7) is 0. The Labute approximate surface area is 160 Å². The molecule has 2 aromatic rings. The fourth-order valence-electron chi connectivity index (χ4n) is 3.42. The molecule has 1 aliphatic carbocycles. The van der Waals surface area contributed by atoms with Crippen LogP contribution in [0.15, 0.2) is 48.5 Å². The Morgan fingerprint density at radius 2 is 1.69 bits per heavy atom. The quantitative estimate of drug-likeness (QED) is 0.609. The van der Waals surface area contributed by atoms with Crippen LogP contribution in [0.3, 0.4) is 0 Å². The molecule has 0 radical (unpaired) electrons. The first-order valence-corrected chi connectivity index (χ1v) is 9.10. The fourth-order valence-corrected chi connectivity index (χ4v) is 3.96. The van der Waals surface area contributed by atoms with Gasteiger partial charge in [-0.15, -0.1) is 0 Å². The van der Waals surface area contributed by atoms with Crippen molar-refractivity contribution in [3.63, 3.8) is 0 Å². The summed E-state index contributed by atoms with van der Waals surface area (Å²) >= 11 is 11.0. The number of alkyl halides is 3. The Hall–Kier alpha value is -1.79. The Morgan fingerprint density at radius 3 is 2.31 bits per heavy atom. The second-order valence-electron chi connectivity index (χ2n) is 6.43. The van der Waals surface area contributed by atoms with Gasteiger partial charge >= 0.3 is 6.18 Å². The number of thiocarbonyl (C=S) groups is 1. The maximum Gasteiger partial charge on any atom is 0.417 e. The topological polar surface area (TPSA) is 24.1 Å². The van der Waals surface area contributed by atoms with E-state index in [4.69, 9.17) is 23.8 Å². The molecule has 138 valence electrons. The average molecular weight is 399 g/mol. The number of benzene rings is 2. The zero-order valence-corrected chi connectivity index (χ0v) is 15.4. The van der Waals surface area contributed by atoms with Gasteiger partial charge in [0.05, 0.1) is 16.1 Å². The van der Waals surface area contributed by atoms with E-state index in [9.17, 15) is 13.2 Å². The molecule has 0 saturated heterocycles. The summed E-state index contributed by atoms with van der Waals surface area (Å²) in [5.74, 6) is 0. The van der Waals surface area contributed by atoms with Gasteiger partial charge in [0, 0.05) is 5.69 Å². The highest BCUT2D eigenvalue weighted by Gasteiger charge is 2.36. The predicted octanol–water partition coefficient (Wildman–Crippen LogP) is 6.11. The van der Waals surface area contributed by atoms with E-state index in [-0.39, 0.29) is 16.2 Å². The summed E-state index contributed by atoms with van der Waals surface area (Å²) in [6.07, 6.45) is -0.519. The predicted molar refractivity (Wildman–Crippen MR) is 102 cm³/mol. The molecule has 26 heavy (non-hydrogen) atoms. The van der Waals surface area contributed by atoms with Crippen molar-refractivity contribution in [1.29, 1.82) is 0 Å². The van der Waals surface area contributed by atoms with Crippen molar-refractivity contribution in [2.45, 2.75) is 37.4 Å². The summed E-state index contributed by atoms with van der Waals surface area (Å²) in [5, 5.41) is 6.16. The number of halogens is 4. The normalized spacial score (nSPS) is 16.3. The number of hydrogen-bond acceptors (Lipinski definition) is 1. The Bertz CT molecular complexity index is 787. The van der Waals surface area contributed by atoms with E-state index in [0.717, 1.165) is 37.3 Å². The van der Waals surface area contributed by atoms with Crippen molar-refractivity contribution in [2.24, 2.45) is 0 Å². The van der Waals surface area contributed by atoms with Crippen LogP contribution in [0, 0.1) is 0 Å². The van der Waals surface area contributed by atoms with Crippen LogP contribution < -0.4 is 10.6 Å². The number of nitrogens with one attached hydrogen (secondary N) is 2. The summed E-state index contributed by atoms with van der Waals surface area (Å²) in [7, 11) is 0. The summed E-state index contributed by atoms with van der Waals surface area (Å²) in [6, 6.07) is 13.7. The van der Waals surface area contributed by atoms with Gasteiger partial charge in [0.1, 0.15) is 0 Å². The first-order chi connectivity index (χ1) is 12.3. The third kappa shape index (κ3) is 4.13. The molecule has 1 aliphatic rings. The maximum atomic E-state index is 13.0. The summed E-state index contributed by atoms with van der Waals surface area (Å²) in [5.41, 5.74) is 0.213. The molecule has 3 rings (SSSR count). The van der Waals surface area contributed by atoms with Crippen molar-refractivity contribution in [2.75, 3.05) is 5.32 Å². The Morgan fingerprint density at radius 1 is 1.04 bits per heavy atom. The molecule has 2 N–H and O–H groups in total.